The van der Waals surface area contributed by atoms with E-state index in [9.17, 15) is 0 Å². The van der Waals surface area contributed by atoms with Crippen LogP contribution in [-0.2, 0) is 6.54 Å². The van der Waals surface area contributed by atoms with Crippen LogP contribution < -0.4 is 5.32 Å². The second kappa shape index (κ2) is 4.80. The van der Waals surface area contributed by atoms with Gasteiger partial charge in [0.2, 0.25) is 0 Å². The fourth-order valence-electron chi connectivity index (χ4n) is 1.71. The molecule has 16 heavy (non-hydrogen) atoms. The first kappa shape index (κ1) is 11.4. The number of hydrogen-bond acceptors (Lipinski definition) is 4. The molecule has 0 aliphatic carbocycles. The summed E-state index contributed by atoms with van der Waals surface area (Å²) >= 11 is 1.76. The molecule has 0 aromatic carbocycles. The SMILES string of the molecule is Cc1nc(C)c(C(C)NCc2ccco2)s1. The molecule has 2 aromatic heterocycles. The standard InChI is InChI=1S/C12H16N2OS/c1-8(12-9(2)14-10(3)16-12)13-7-11-5-4-6-15-11/h4-6,8,13H,7H2,1-3H3. The second-order valence-electron chi connectivity index (χ2n) is 3.86. The van der Waals surface area contributed by atoms with Gasteiger partial charge < -0.3 is 9.73 Å². The molecule has 0 radical (unpaired) electrons. The maximum atomic E-state index is 5.28. The summed E-state index contributed by atoms with van der Waals surface area (Å²) in [4.78, 5) is 5.74. The molecule has 86 valence electrons. The zero-order valence-electron chi connectivity index (χ0n) is 9.78. The van der Waals surface area contributed by atoms with Gasteiger partial charge >= 0.3 is 0 Å². The number of hydrogen-bond donors (Lipinski definition) is 1. The van der Waals surface area contributed by atoms with Crippen LogP contribution >= 0.6 is 11.3 Å². The third kappa shape index (κ3) is 2.51. The lowest BCUT2D eigenvalue weighted by molar-refractivity contribution is 0.462. The van der Waals surface area contributed by atoms with Gasteiger partial charge in [0, 0.05) is 10.9 Å². The summed E-state index contributed by atoms with van der Waals surface area (Å²) in [6.45, 7) is 7.01. The molecule has 0 aliphatic rings. The lowest BCUT2D eigenvalue weighted by atomic mass is 10.2. The molecule has 2 rings (SSSR count). The quantitative estimate of drug-likeness (QED) is 0.885. The van der Waals surface area contributed by atoms with Gasteiger partial charge in [-0.05, 0) is 32.9 Å². The maximum Gasteiger partial charge on any atom is 0.117 e. The van der Waals surface area contributed by atoms with Crippen LogP contribution in [0.15, 0.2) is 22.8 Å². The number of thiazole rings is 1. The molecule has 1 unspecified atom stereocenters. The highest BCUT2D eigenvalue weighted by atomic mass is 32.1. The molecular weight excluding hydrogens is 220 g/mol. The van der Waals surface area contributed by atoms with Crippen molar-refractivity contribution in [2.75, 3.05) is 0 Å². The van der Waals surface area contributed by atoms with Crippen molar-refractivity contribution in [2.45, 2.75) is 33.4 Å². The summed E-state index contributed by atoms with van der Waals surface area (Å²) in [5, 5.41) is 4.56. The van der Waals surface area contributed by atoms with Crippen LogP contribution in [0, 0.1) is 13.8 Å². The van der Waals surface area contributed by atoms with Gasteiger partial charge in [-0.15, -0.1) is 11.3 Å². The topological polar surface area (TPSA) is 38.1 Å². The average Bonchev–Trinajstić information content (AvgIpc) is 2.84. The molecule has 3 nitrogen and oxygen atoms in total. The summed E-state index contributed by atoms with van der Waals surface area (Å²) in [6.07, 6.45) is 1.70. The van der Waals surface area contributed by atoms with E-state index in [1.807, 2.05) is 19.1 Å². The normalized spacial score (nSPS) is 12.9. The van der Waals surface area contributed by atoms with Crippen LogP contribution in [0.25, 0.3) is 0 Å². The Labute approximate surface area is 99.5 Å². The average molecular weight is 236 g/mol. The van der Waals surface area contributed by atoms with E-state index in [4.69, 9.17) is 4.42 Å². The smallest absolute Gasteiger partial charge is 0.117 e. The molecule has 0 bridgehead atoms. The first-order valence-corrected chi connectivity index (χ1v) is 6.18. The Morgan fingerprint density at radius 2 is 2.31 bits per heavy atom. The van der Waals surface area contributed by atoms with E-state index < -0.39 is 0 Å². The van der Waals surface area contributed by atoms with E-state index in [1.54, 1.807) is 17.6 Å². The number of rotatable bonds is 4. The predicted molar refractivity (Wildman–Crippen MR) is 65.6 cm³/mol. The minimum Gasteiger partial charge on any atom is -0.468 e. The number of furan rings is 1. The molecule has 0 aliphatic heterocycles. The summed E-state index contributed by atoms with van der Waals surface area (Å²) in [5.74, 6) is 0.964. The molecule has 0 saturated heterocycles. The highest BCUT2D eigenvalue weighted by molar-refractivity contribution is 7.11. The minimum absolute atomic E-state index is 0.316. The molecule has 0 spiro atoms. The number of aryl methyl sites for hydroxylation is 2. The number of nitrogens with zero attached hydrogens (tertiary/aromatic N) is 1. The van der Waals surface area contributed by atoms with Crippen LogP contribution in [0.2, 0.25) is 0 Å². The Morgan fingerprint density at radius 3 is 2.88 bits per heavy atom. The van der Waals surface area contributed by atoms with Crippen molar-refractivity contribution in [1.82, 2.24) is 10.3 Å². The van der Waals surface area contributed by atoms with E-state index in [0.717, 1.165) is 23.0 Å². The van der Waals surface area contributed by atoms with Crippen molar-refractivity contribution in [3.05, 3.63) is 39.7 Å². The summed E-state index contributed by atoms with van der Waals surface area (Å²) in [7, 11) is 0. The molecule has 1 atom stereocenters. The van der Waals surface area contributed by atoms with Crippen molar-refractivity contribution in [3.8, 4) is 0 Å². The monoisotopic (exact) mass is 236 g/mol. The largest absolute Gasteiger partial charge is 0.468 e. The molecule has 0 amide bonds. The predicted octanol–water partition coefficient (Wildman–Crippen LogP) is 3.20. The van der Waals surface area contributed by atoms with E-state index in [2.05, 4.69) is 24.1 Å². The Hall–Kier alpha value is -1.13. The molecule has 0 fully saturated rings. The van der Waals surface area contributed by atoms with Crippen molar-refractivity contribution in [2.24, 2.45) is 0 Å². The molecule has 2 heterocycles. The molecule has 0 saturated carbocycles. The Kier molecular flexibility index (Phi) is 3.41. The van der Waals surface area contributed by atoms with Gasteiger partial charge in [-0.3, -0.25) is 0 Å². The molecular formula is C12H16N2OS. The van der Waals surface area contributed by atoms with E-state index in [0.29, 0.717) is 6.04 Å². The number of aromatic nitrogens is 1. The van der Waals surface area contributed by atoms with E-state index in [-0.39, 0.29) is 0 Å². The van der Waals surface area contributed by atoms with Gasteiger partial charge in [-0.2, -0.15) is 0 Å². The third-order valence-electron chi connectivity index (χ3n) is 2.50. The Morgan fingerprint density at radius 1 is 1.50 bits per heavy atom. The van der Waals surface area contributed by atoms with E-state index >= 15 is 0 Å². The van der Waals surface area contributed by atoms with Gasteiger partial charge in [0.25, 0.3) is 0 Å². The van der Waals surface area contributed by atoms with Crippen LogP contribution in [-0.4, -0.2) is 4.98 Å². The lowest BCUT2D eigenvalue weighted by Gasteiger charge is -2.11. The van der Waals surface area contributed by atoms with Gasteiger partial charge in [0.1, 0.15) is 5.76 Å². The summed E-state index contributed by atoms with van der Waals surface area (Å²) in [5.41, 5.74) is 1.13. The van der Waals surface area contributed by atoms with Crippen molar-refractivity contribution in [3.63, 3.8) is 0 Å². The zero-order chi connectivity index (χ0) is 11.5. The maximum absolute atomic E-state index is 5.28. The first-order chi connectivity index (χ1) is 7.66. The lowest BCUT2D eigenvalue weighted by Crippen LogP contribution is -2.17. The zero-order valence-corrected chi connectivity index (χ0v) is 10.6. The minimum atomic E-state index is 0.316. The van der Waals surface area contributed by atoms with Gasteiger partial charge in [0.15, 0.2) is 0 Å². The van der Waals surface area contributed by atoms with Gasteiger partial charge in [0.05, 0.1) is 23.5 Å². The summed E-state index contributed by atoms with van der Waals surface area (Å²) in [6, 6.07) is 4.20. The Bertz CT molecular complexity index is 448. The van der Waals surface area contributed by atoms with Crippen LogP contribution in [0.4, 0.5) is 0 Å². The Balaban J connectivity index is 1.98. The molecule has 4 heteroatoms. The van der Waals surface area contributed by atoms with Crippen LogP contribution in [0.1, 0.15) is 34.3 Å². The molecule has 2 aromatic rings. The fraction of sp³-hybridized carbons (Fsp3) is 0.417. The third-order valence-corrected chi connectivity index (χ3v) is 3.75. The summed E-state index contributed by atoms with van der Waals surface area (Å²) < 4.78 is 5.28. The van der Waals surface area contributed by atoms with Crippen LogP contribution in [0.5, 0.6) is 0 Å². The number of nitrogens with one attached hydrogen (secondary N) is 1. The van der Waals surface area contributed by atoms with Gasteiger partial charge in [-0.25, -0.2) is 4.98 Å². The van der Waals surface area contributed by atoms with Crippen LogP contribution in [0.3, 0.4) is 0 Å². The van der Waals surface area contributed by atoms with E-state index in [1.165, 1.54) is 4.88 Å². The highest BCUT2D eigenvalue weighted by Gasteiger charge is 2.12. The highest BCUT2D eigenvalue weighted by Crippen LogP contribution is 2.24. The van der Waals surface area contributed by atoms with Crippen molar-refractivity contribution < 1.29 is 4.42 Å². The molecule has 1 N–H and O–H groups in total. The first-order valence-electron chi connectivity index (χ1n) is 5.36. The second-order valence-corrected chi connectivity index (χ2v) is 5.10. The van der Waals surface area contributed by atoms with Gasteiger partial charge in [-0.1, -0.05) is 0 Å². The fourth-order valence-corrected chi connectivity index (χ4v) is 2.66. The van der Waals surface area contributed by atoms with Crippen molar-refractivity contribution in [1.29, 1.82) is 0 Å². The van der Waals surface area contributed by atoms with Crippen molar-refractivity contribution >= 4 is 11.3 Å².